The number of carbonyl (C=O) groups excluding carboxylic acids is 2. The van der Waals surface area contributed by atoms with Crippen molar-refractivity contribution in [1.29, 1.82) is 0 Å². The maximum Gasteiger partial charge on any atom is 0.393 e. The number of aromatic nitrogens is 3. The zero-order valence-corrected chi connectivity index (χ0v) is 26.4. The average Bonchev–Trinajstić information content (AvgIpc) is 3.67. The molecule has 5 rings (SSSR count). The molecule has 2 aromatic heterocycles. The average molecular weight is 669 g/mol. The fourth-order valence-corrected chi connectivity index (χ4v) is 6.74. The number of carbonyl (C=O) groups is 2. The van der Waals surface area contributed by atoms with Crippen molar-refractivity contribution in [3.8, 4) is 0 Å². The Morgan fingerprint density at radius 2 is 2.04 bits per heavy atom. The Labute approximate surface area is 269 Å². The summed E-state index contributed by atoms with van der Waals surface area (Å²) in [5, 5.41) is 10.1. The monoisotopic (exact) mass is 668 g/mol. The molecule has 2 aromatic rings. The lowest BCUT2D eigenvalue weighted by Gasteiger charge is -2.33. The molecule has 258 valence electrons. The number of imidazole rings is 1. The van der Waals surface area contributed by atoms with Gasteiger partial charge in [-0.1, -0.05) is 0 Å². The largest absolute Gasteiger partial charge is 0.405 e. The number of nitrogens with two attached hydrogens (primary N) is 1. The molecule has 4 N–H and O–H groups in total. The molecule has 16 heteroatoms. The van der Waals surface area contributed by atoms with Gasteiger partial charge in [0.15, 0.2) is 5.65 Å². The van der Waals surface area contributed by atoms with E-state index in [1.807, 2.05) is 4.90 Å². The van der Waals surface area contributed by atoms with Gasteiger partial charge in [0.2, 0.25) is 11.8 Å². The molecule has 2 saturated heterocycles. The quantitative estimate of drug-likeness (QED) is 0.259. The van der Waals surface area contributed by atoms with E-state index in [-0.39, 0.29) is 56.3 Å². The number of amides is 2. The molecule has 11 nitrogen and oxygen atoms in total. The van der Waals surface area contributed by atoms with Gasteiger partial charge in [0.25, 0.3) is 5.91 Å². The molecule has 1 saturated carbocycles. The van der Waals surface area contributed by atoms with E-state index < -0.39 is 48.3 Å². The predicted octanol–water partition coefficient (Wildman–Crippen LogP) is 3.73. The molecule has 47 heavy (non-hydrogen) atoms. The van der Waals surface area contributed by atoms with Crippen LogP contribution >= 0.6 is 0 Å². The normalized spacial score (nSPS) is 25.0. The summed E-state index contributed by atoms with van der Waals surface area (Å²) >= 11 is 0. The van der Waals surface area contributed by atoms with E-state index in [0.29, 0.717) is 42.4 Å². The lowest BCUT2D eigenvalue weighted by molar-refractivity contribution is -0.183. The van der Waals surface area contributed by atoms with Crippen LogP contribution in [-0.2, 0) is 20.7 Å². The third-order valence-electron chi connectivity index (χ3n) is 9.36. The zero-order valence-electron chi connectivity index (χ0n) is 26.4. The first-order valence-electron chi connectivity index (χ1n) is 15.9. The minimum Gasteiger partial charge on any atom is -0.405 e. The Kier molecular flexibility index (Phi) is 10.4. The number of nitrogens with one attached hydrogen (secondary N) is 2. The van der Waals surface area contributed by atoms with Crippen LogP contribution in [0.5, 0.6) is 0 Å². The second-order valence-corrected chi connectivity index (χ2v) is 12.5. The molecule has 3 aliphatic rings. The van der Waals surface area contributed by atoms with E-state index in [1.165, 1.54) is 16.8 Å². The predicted molar refractivity (Wildman–Crippen MR) is 164 cm³/mol. The molecule has 0 aromatic carbocycles. The van der Waals surface area contributed by atoms with Gasteiger partial charge in [-0.15, -0.1) is 0 Å². The Hall–Kier alpha value is -3.82. The highest BCUT2D eigenvalue weighted by Gasteiger charge is 2.45. The third-order valence-corrected chi connectivity index (χ3v) is 9.36. The Morgan fingerprint density at radius 3 is 2.68 bits per heavy atom. The lowest BCUT2D eigenvalue weighted by Crippen LogP contribution is -2.47. The van der Waals surface area contributed by atoms with Gasteiger partial charge in [-0.3, -0.25) is 14.6 Å². The highest BCUT2D eigenvalue weighted by molar-refractivity contribution is 6.43. The number of anilines is 1. The first kappa shape index (κ1) is 34.5. The number of hydrogen-bond acceptors (Lipinski definition) is 8. The Bertz CT molecular complexity index is 1500. The molecule has 4 atom stereocenters. The van der Waals surface area contributed by atoms with Gasteiger partial charge >= 0.3 is 6.18 Å². The van der Waals surface area contributed by atoms with Crippen LogP contribution in [0.2, 0.25) is 0 Å². The second kappa shape index (κ2) is 14.1. The molecule has 0 spiro atoms. The summed E-state index contributed by atoms with van der Waals surface area (Å²) in [7, 11) is 1.61. The van der Waals surface area contributed by atoms with E-state index in [9.17, 15) is 31.5 Å². The SMILES string of the molecule is CCN=C(C=CN)C(=O)N[C@H](c1cn2nc(C[C@H]3C[C@@H](C(F)(F)F)CNC3=O)c(N3CCC(OC)C3)cc2n1)C1CCC(F)(F)CC1. The second-order valence-electron chi connectivity index (χ2n) is 12.5. The molecule has 0 radical (unpaired) electrons. The Balaban J connectivity index is 1.52. The number of rotatable bonds is 10. The summed E-state index contributed by atoms with van der Waals surface area (Å²) in [5.41, 5.74) is 7.43. The minimum absolute atomic E-state index is 0.0362. The molecule has 4 heterocycles. The van der Waals surface area contributed by atoms with Crippen molar-refractivity contribution in [2.45, 2.75) is 76.1 Å². The van der Waals surface area contributed by atoms with Gasteiger partial charge in [0, 0.05) is 64.5 Å². The molecule has 1 unspecified atom stereocenters. The van der Waals surface area contributed by atoms with E-state index in [4.69, 9.17) is 20.6 Å². The smallest absolute Gasteiger partial charge is 0.393 e. The number of aliphatic imine (C=N–C) groups is 1. The standard InChI is InChI=1S/C31H41F5N8O3/c1-3-38-22(6-10-37)29(46)41-27(18-4-8-30(32,33)9-5-18)24-17-44-26(40-24)14-25(43-11-7-21(16-43)47-2)23(42-44)13-19-12-20(31(34,35)36)15-39-28(19)45/h6,10,14,17-21,27H,3-5,7-9,11-13,15-16,37H2,1-2H3,(H,39,45)(H,41,46)/t19-,20-,21?,27+/m1/s1. The molecule has 2 aliphatic heterocycles. The van der Waals surface area contributed by atoms with Crippen LogP contribution in [0, 0.1) is 17.8 Å². The van der Waals surface area contributed by atoms with Crippen molar-refractivity contribution in [2.24, 2.45) is 28.5 Å². The zero-order chi connectivity index (χ0) is 33.9. The van der Waals surface area contributed by atoms with Crippen LogP contribution in [0.1, 0.15) is 62.9 Å². The summed E-state index contributed by atoms with van der Waals surface area (Å²) in [4.78, 5) is 37.0. The topological polar surface area (TPSA) is 139 Å². The summed E-state index contributed by atoms with van der Waals surface area (Å²) in [5.74, 6) is -6.77. The minimum atomic E-state index is -4.45. The van der Waals surface area contributed by atoms with Crippen LogP contribution in [0.25, 0.3) is 5.65 Å². The van der Waals surface area contributed by atoms with Gasteiger partial charge in [0.05, 0.1) is 41.3 Å². The fourth-order valence-electron chi connectivity index (χ4n) is 6.74. The van der Waals surface area contributed by atoms with E-state index in [1.54, 1.807) is 26.3 Å². The van der Waals surface area contributed by atoms with Gasteiger partial charge in [-0.05, 0) is 50.8 Å². The number of piperidine rings is 1. The van der Waals surface area contributed by atoms with Crippen LogP contribution in [0.15, 0.2) is 29.5 Å². The number of alkyl halides is 5. The van der Waals surface area contributed by atoms with Crippen LogP contribution in [0.3, 0.4) is 0 Å². The van der Waals surface area contributed by atoms with Crippen LogP contribution in [-0.4, -0.2) is 83.6 Å². The maximum absolute atomic E-state index is 14.1. The van der Waals surface area contributed by atoms with Crippen molar-refractivity contribution >= 4 is 28.9 Å². The van der Waals surface area contributed by atoms with Crippen LogP contribution in [0.4, 0.5) is 27.6 Å². The van der Waals surface area contributed by atoms with E-state index >= 15 is 0 Å². The lowest BCUT2D eigenvalue weighted by atomic mass is 9.81. The number of fused-ring (bicyclic) bond motifs is 1. The van der Waals surface area contributed by atoms with Gasteiger partial charge in [-0.2, -0.15) is 18.3 Å². The summed E-state index contributed by atoms with van der Waals surface area (Å²) in [6.45, 7) is 2.73. The van der Waals surface area contributed by atoms with E-state index in [0.717, 1.165) is 6.42 Å². The Morgan fingerprint density at radius 1 is 1.30 bits per heavy atom. The summed E-state index contributed by atoms with van der Waals surface area (Å²) in [6, 6.07) is 1.00. The van der Waals surface area contributed by atoms with Crippen molar-refractivity contribution in [1.82, 2.24) is 25.2 Å². The maximum atomic E-state index is 14.1. The highest BCUT2D eigenvalue weighted by Crippen LogP contribution is 2.42. The molecular weight excluding hydrogens is 627 g/mol. The van der Waals surface area contributed by atoms with Gasteiger partial charge in [-0.25, -0.2) is 18.3 Å². The van der Waals surface area contributed by atoms with Crippen molar-refractivity contribution in [2.75, 3.05) is 38.2 Å². The molecular formula is C31H41F5N8O3. The third kappa shape index (κ3) is 8.01. The first-order valence-corrected chi connectivity index (χ1v) is 15.9. The molecule has 0 bridgehead atoms. The molecule has 2 amide bonds. The number of hydrogen-bond donors (Lipinski definition) is 3. The van der Waals surface area contributed by atoms with E-state index in [2.05, 4.69) is 15.6 Å². The number of ether oxygens (including phenoxy) is 1. The fraction of sp³-hybridized carbons (Fsp3) is 0.645. The van der Waals surface area contributed by atoms with Crippen LogP contribution < -0.4 is 21.3 Å². The molecule has 1 aliphatic carbocycles. The van der Waals surface area contributed by atoms with Crippen molar-refractivity contribution in [3.05, 3.63) is 35.9 Å². The van der Waals surface area contributed by atoms with Gasteiger partial charge in [0.1, 0.15) is 5.71 Å². The number of halogens is 5. The highest BCUT2D eigenvalue weighted by atomic mass is 19.4. The first-order chi connectivity index (χ1) is 22.3. The number of methoxy groups -OCH3 is 1. The van der Waals surface area contributed by atoms with Crippen molar-refractivity contribution < 1.29 is 36.3 Å². The molecule has 3 fully saturated rings. The summed E-state index contributed by atoms with van der Waals surface area (Å²) in [6.07, 6.45) is -0.407. The summed E-state index contributed by atoms with van der Waals surface area (Å²) < 4.78 is 76.1. The van der Waals surface area contributed by atoms with Crippen molar-refractivity contribution in [3.63, 3.8) is 0 Å². The van der Waals surface area contributed by atoms with Gasteiger partial charge < -0.3 is 26.0 Å². The number of nitrogens with zero attached hydrogens (tertiary/aromatic N) is 5.